The molecule has 0 aliphatic heterocycles. The Hall–Kier alpha value is -5.58. The van der Waals surface area contributed by atoms with Crippen LogP contribution in [0.25, 0.3) is 60.1 Å². The second-order valence-electron chi connectivity index (χ2n) is 12.1. The number of rotatable bonds is 6. The number of benzene rings is 5. The molecule has 1 aliphatic carbocycles. The Morgan fingerprint density at radius 2 is 1.52 bits per heavy atom. The highest BCUT2D eigenvalue weighted by molar-refractivity contribution is 7.25. The van der Waals surface area contributed by atoms with Gasteiger partial charge in [-0.2, -0.15) is 0 Å². The summed E-state index contributed by atoms with van der Waals surface area (Å²) in [5.41, 5.74) is 9.72. The van der Waals surface area contributed by atoms with Crippen molar-refractivity contribution >= 4 is 71.9 Å². The van der Waals surface area contributed by atoms with Crippen molar-refractivity contribution in [2.24, 2.45) is 9.98 Å². The molecule has 7 aromatic rings. The fourth-order valence-electron chi connectivity index (χ4n) is 6.47. The molecule has 2 aromatic heterocycles. The highest BCUT2D eigenvalue weighted by Crippen LogP contribution is 2.35. The molecule has 2 heterocycles. The van der Waals surface area contributed by atoms with Gasteiger partial charge in [-0.25, -0.2) is 9.98 Å². The zero-order valence-electron chi connectivity index (χ0n) is 27.0. The number of hydrogen-bond acceptors (Lipinski definition) is 3. The zero-order valence-corrected chi connectivity index (χ0v) is 27.9. The Bertz CT molecular complexity index is 2590. The van der Waals surface area contributed by atoms with E-state index in [2.05, 4.69) is 142 Å². The summed E-state index contributed by atoms with van der Waals surface area (Å²) in [5.74, 6) is 0.621. The van der Waals surface area contributed by atoms with Gasteiger partial charge >= 0.3 is 0 Å². The maximum atomic E-state index is 6.29. The summed E-state index contributed by atoms with van der Waals surface area (Å²) in [6.45, 7) is 8.71. The van der Waals surface area contributed by atoms with Gasteiger partial charge in [0.15, 0.2) is 5.84 Å². The van der Waals surface area contributed by atoms with Gasteiger partial charge in [0.25, 0.3) is 0 Å². The van der Waals surface area contributed by atoms with E-state index in [1.807, 2.05) is 23.5 Å². The van der Waals surface area contributed by atoms with Crippen LogP contribution in [0.4, 0.5) is 0 Å². The topological polar surface area (TPSA) is 37.9 Å². The predicted molar refractivity (Wildman–Crippen MR) is 206 cm³/mol. The minimum atomic E-state index is 0.621. The Morgan fingerprint density at radius 1 is 0.771 bits per heavy atom. The molecule has 0 atom stereocenters. The first-order valence-electron chi connectivity index (χ1n) is 16.4. The number of nitrogens with zero attached hydrogens (tertiary/aromatic N) is 2. The molecule has 0 saturated heterocycles. The molecule has 3 nitrogen and oxygen atoms in total. The third-order valence-electron chi connectivity index (χ3n) is 9.09. The molecule has 0 amide bonds. The summed E-state index contributed by atoms with van der Waals surface area (Å²) in [6, 6.07) is 40.4. The third-order valence-corrected chi connectivity index (χ3v) is 10.2. The van der Waals surface area contributed by atoms with Crippen LogP contribution < -0.4 is 10.6 Å². The quantitative estimate of drug-likeness (QED) is 0.132. The molecule has 8 rings (SSSR count). The molecule has 0 spiro atoms. The van der Waals surface area contributed by atoms with E-state index in [0.29, 0.717) is 11.5 Å². The summed E-state index contributed by atoms with van der Waals surface area (Å²) in [4.78, 5) is 10.5. The lowest BCUT2D eigenvalue weighted by atomic mass is 9.97. The van der Waals surface area contributed by atoms with Crippen LogP contribution in [-0.4, -0.2) is 11.5 Å². The highest BCUT2D eigenvalue weighted by Gasteiger charge is 2.15. The number of amidine groups is 1. The smallest absolute Gasteiger partial charge is 0.160 e. The molecule has 1 aliphatic rings. The van der Waals surface area contributed by atoms with Gasteiger partial charge < -0.3 is 4.42 Å². The maximum absolute atomic E-state index is 6.29. The van der Waals surface area contributed by atoms with Gasteiger partial charge in [-0.3, -0.25) is 0 Å². The molecule has 0 fully saturated rings. The Morgan fingerprint density at radius 3 is 2.38 bits per heavy atom. The van der Waals surface area contributed by atoms with E-state index in [0.717, 1.165) is 68.0 Å². The predicted octanol–water partition coefficient (Wildman–Crippen LogP) is 10.5. The number of allylic oxidation sites excluding steroid dienone is 2. The standard InChI is InChI=1S/C44H34N2OS/c1-4-30-20-22-31(23-21-30)34-13-5-6-16-38(34)44(46-29(3)33-24-25-43-39(26-33)37-15-8-10-19-42(37)48-43)45-28(2)32-12-11-17-36-35-14-7-9-18-40(35)47-41(36)27-32/h5-10,12-27H,3-4,11H2,1-2H3. The molecule has 0 saturated carbocycles. The monoisotopic (exact) mass is 638 g/mol. The molecule has 5 aromatic carbocycles. The van der Waals surface area contributed by atoms with Crippen LogP contribution in [0.5, 0.6) is 0 Å². The van der Waals surface area contributed by atoms with Crippen molar-refractivity contribution in [1.82, 2.24) is 0 Å². The second kappa shape index (κ2) is 12.6. The van der Waals surface area contributed by atoms with Crippen LogP contribution in [0.15, 0.2) is 148 Å². The molecular formula is C44H34N2OS. The number of thiophene rings is 1. The summed E-state index contributed by atoms with van der Waals surface area (Å²) in [7, 11) is 0. The van der Waals surface area contributed by atoms with E-state index in [-0.39, 0.29) is 0 Å². The fourth-order valence-corrected chi connectivity index (χ4v) is 7.56. The van der Waals surface area contributed by atoms with Gasteiger partial charge in [0.2, 0.25) is 0 Å². The van der Waals surface area contributed by atoms with Crippen LogP contribution in [0.2, 0.25) is 0 Å². The summed E-state index contributed by atoms with van der Waals surface area (Å²) in [6.07, 6.45) is 8.32. The van der Waals surface area contributed by atoms with Crippen LogP contribution in [-0.2, 0) is 6.42 Å². The van der Waals surface area contributed by atoms with Gasteiger partial charge in [-0.1, -0.05) is 117 Å². The number of aliphatic imine (C=N–C) groups is 2. The van der Waals surface area contributed by atoms with Gasteiger partial charge in [0, 0.05) is 47.6 Å². The Kier molecular flexibility index (Phi) is 7.79. The normalized spacial score (nSPS) is 13.6. The van der Waals surface area contributed by atoms with E-state index in [1.54, 1.807) is 0 Å². The minimum Gasteiger partial charge on any atom is -0.456 e. The number of aryl methyl sites for hydroxylation is 1. The van der Waals surface area contributed by atoms with Crippen molar-refractivity contribution in [2.75, 3.05) is 0 Å². The van der Waals surface area contributed by atoms with Crippen molar-refractivity contribution < 1.29 is 4.42 Å². The molecular weight excluding hydrogens is 605 g/mol. The van der Waals surface area contributed by atoms with Crippen LogP contribution in [0.1, 0.15) is 37.0 Å². The fraction of sp³-hybridized carbons (Fsp3) is 0.0909. The number of furan rings is 1. The van der Waals surface area contributed by atoms with Crippen molar-refractivity contribution in [3.63, 3.8) is 0 Å². The summed E-state index contributed by atoms with van der Waals surface area (Å²) < 4.78 is 8.82. The molecule has 0 radical (unpaired) electrons. The van der Waals surface area contributed by atoms with Crippen molar-refractivity contribution in [1.29, 1.82) is 0 Å². The van der Waals surface area contributed by atoms with E-state index in [4.69, 9.17) is 14.4 Å². The van der Waals surface area contributed by atoms with Crippen LogP contribution in [0.3, 0.4) is 0 Å². The minimum absolute atomic E-state index is 0.621. The largest absolute Gasteiger partial charge is 0.456 e. The van der Waals surface area contributed by atoms with Crippen molar-refractivity contribution in [2.45, 2.75) is 26.7 Å². The first-order valence-corrected chi connectivity index (χ1v) is 17.2. The SMILES string of the molecule is C=C(N=C(N=C(C)C1=CCC=c2c(oc3ccccc23)=C1)c1ccccc1-c1ccc(CC)cc1)c1ccc2sc3ccccc3c2c1. The van der Waals surface area contributed by atoms with E-state index in [9.17, 15) is 0 Å². The Balaban J connectivity index is 1.26. The lowest BCUT2D eigenvalue weighted by Crippen LogP contribution is -2.19. The van der Waals surface area contributed by atoms with Gasteiger partial charge in [0.1, 0.15) is 11.0 Å². The van der Waals surface area contributed by atoms with Gasteiger partial charge in [-0.15, -0.1) is 11.3 Å². The maximum Gasteiger partial charge on any atom is 0.160 e. The third kappa shape index (κ3) is 5.55. The lowest BCUT2D eigenvalue weighted by Gasteiger charge is -2.13. The average Bonchev–Trinajstić information content (AvgIpc) is 3.60. The highest BCUT2D eigenvalue weighted by atomic mass is 32.1. The molecule has 0 N–H and O–H groups in total. The molecule has 0 bridgehead atoms. The van der Waals surface area contributed by atoms with Crippen LogP contribution in [0, 0.1) is 0 Å². The lowest BCUT2D eigenvalue weighted by molar-refractivity contribution is 0.575. The molecule has 4 heteroatoms. The first-order chi connectivity index (χ1) is 23.6. The average molecular weight is 639 g/mol. The van der Waals surface area contributed by atoms with E-state index < -0.39 is 0 Å². The summed E-state index contributed by atoms with van der Waals surface area (Å²) >= 11 is 1.81. The summed E-state index contributed by atoms with van der Waals surface area (Å²) in [5, 5.41) is 4.73. The molecule has 48 heavy (non-hydrogen) atoms. The Labute approximate surface area is 283 Å². The number of para-hydroxylation sites is 1. The second-order valence-corrected chi connectivity index (χ2v) is 13.2. The number of hydrogen-bond donors (Lipinski definition) is 0. The van der Waals surface area contributed by atoms with Crippen LogP contribution >= 0.6 is 11.3 Å². The molecule has 232 valence electrons. The first kappa shape index (κ1) is 29.8. The van der Waals surface area contributed by atoms with Crippen molar-refractivity contribution in [3.05, 3.63) is 161 Å². The van der Waals surface area contributed by atoms with E-state index in [1.165, 1.54) is 25.7 Å². The number of fused-ring (bicyclic) bond motifs is 6. The van der Waals surface area contributed by atoms with Gasteiger partial charge in [-0.05, 0) is 72.4 Å². The molecule has 0 unspecified atom stereocenters. The van der Waals surface area contributed by atoms with E-state index >= 15 is 0 Å². The van der Waals surface area contributed by atoms with Crippen molar-refractivity contribution in [3.8, 4) is 11.1 Å². The zero-order chi connectivity index (χ0) is 32.6. The van der Waals surface area contributed by atoms with Gasteiger partial charge in [0.05, 0.1) is 5.70 Å².